The van der Waals surface area contributed by atoms with Crippen molar-refractivity contribution in [2.24, 2.45) is 0 Å². The third kappa shape index (κ3) is 14.7. The van der Waals surface area contributed by atoms with Crippen molar-refractivity contribution in [2.45, 2.75) is 216 Å². The topological polar surface area (TPSA) is 126 Å². The van der Waals surface area contributed by atoms with Crippen molar-refractivity contribution in [2.75, 3.05) is 0 Å². The maximum Gasteiger partial charge on any atom is 0.334 e. The Bertz CT molecular complexity index is 833. The number of hydrogen-bond donors (Lipinski definition) is 4. The largest absolute Gasteiger partial charge is 0.455 e. The zero-order chi connectivity index (χ0) is 32.4. The van der Waals surface area contributed by atoms with Crippen molar-refractivity contribution in [3.05, 3.63) is 11.6 Å². The summed E-state index contributed by atoms with van der Waals surface area (Å²) in [4.78, 5) is 11.7. The molecule has 3 heterocycles. The predicted octanol–water partition coefficient (Wildman–Crippen LogP) is 6.83. The maximum atomic E-state index is 11.7. The van der Waals surface area contributed by atoms with E-state index in [2.05, 4.69) is 6.92 Å². The summed E-state index contributed by atoms with van der Waals surface area (Å²) in [6, 6.07) is 0. The van der Waals surface area contributed by atoms with Crippen LogP contribution in [0.4, 0.5) is 0 Å². The Morgan fingerprint density at radius 3 is 1.78 bits per heavy atom. The molecule has 4 N–H and O–H groups in total. The number of carbonyl (C=O) groups is 1. The molecule has 0 radical (unpaired) electrons. The summed E-state index contributed by atoms with van der Waals surface area (Å²) in [5, 5.41) is 42.4. The normalized spacial score (nSPS) is 27.8. The molecular formula is C37H66O8. The van der Waals surface area contributed by atoms with Crippen molar-refractivity contribution in [1.29, 1.82) is 0 Å². The van der Waals surface area contributed by atoms with Gasteiger partial charge in [-0.3, -0.25) is 0 Å². The van der Waals surface area contributed by atoms with Crippen molar-refractivity contribution in [3.8, 4) is 0 Å². The monoisotopic (exact) mass is 638 g/mol. The number of aliphatic hydroxyl groups excluding tert-OH is 4. The molecule has 9 atom stereocenters. The molecule has 0 amide bonds. The summed E-state index contributed by atoms with van der Waals surface area (Å²) in [6.45, 7) is 4.07. The van der Waals surface area contributed by atoms with Crippen LogP contribution in [-0.4, -0.2) is 81.3 Å². The van der Waals surface area contributed by atoms with Crippen LogP contribution in [0.15, 0.2) is 11.6 Å². The van der Waals surface area contributed by atoms with E-state index < -0.39 is 24.4 Å². The first-order valence-corrected chi connectivity index (χ1v) is 18.7. The smallest absolute Gasteiger partial charge is 0.334 e. The number of ether oxygens (including phenoxy) is 3. The van der Waals surface area contributed by atoms with E-state index in [-0.39, 0.29) is 36.5 Å². The van der Waals surface area contributed by atoms with Crippen LogP contribution in [0.2, 0.25) is 0 Å². The standard InChI is InChI=1S/C37H66O8/c1-3-4-5-6-7-8-9-10-11-15-18-31(39)35-23-24-36(45-35)33(41)21-20-32(40)34-22-19-30(44-34)17-14-12-13-16-29(38)26-28-25-27(2)43-37(28)42/h25,27,29-36,38-41H,3-24,26H2,1-2H3/t27?,29?,30-,31+,32-,33+,34-,35+,36+/m1/s1. The van der Waals surface area contributed by atoms with Gasteiger partial charge < -0.3 is 34.6 Å². The molecule has 2 unspecified atom stereocenters. The van der Waals surface area contributed by atoms with Crippen LogP contribution < -0.4 is 0 Å². The quantitative estimate of drug-likeness (QED) is 0.0634. The number of hydrogen-bond acceptors (Lipinski definition) is 8. The predicted molar refractivity (Wildman–Crippen MR) is 177 cm³/mol. The van der Waals surface area contributed by atoms with Crippen LogP contribution in [0.3, 0.4) is 0 Å². The fourth-order valence-corrected chi connectivity index (χ4v) is 7.29. The van der Waals surface area contributed by atoms with E-state index in [0.29, 0.717) is 31.3 Å². The molecule has 0 spiro atoms. The Balaban J connectivity index is 1.17. The lowest BCUT2D eigenvalue weighted by Crippen LogP contribution is -2.33. The highest BCUT2D eigenvalue weighted by atomic mass is 16.5. The highest BCUT2D eigenvalue weighted by Gasteiger charge is 2.36. The highest BCUT2D eigenvalue weighted by Crippen LogP contribution is 2.31. The molecule has 0 aromatic rings. The van der Waals surface area contributed by atoms with Crippen molar-refractivity contribution in [1.82, 2.24) is 0 Å². The van der Waals surface area contributed by atoms with E-state index in [9.17, 15) is 25.2 Å². The van der Waals surface area contributed by atoms with Crippen LogP contribution >= 0.6 is 0 Å². The second-order valence-electron chi connectivity index (χ2n) is 14.2. The van der Waals surface area contributed by atoms with E-state index in [1.807, 2.05) is 6.92 Å². The lowest BCUT2D eigenvalue weighted by Gasteiger charge is -2.24. The Kier molecular flexibility index (Phi) is 18.6. The van der Waals surface area contributed by atoms with Crippen molar-refractivity contribution in [3.63, 3.8) is 0 Å². The third-order valence-electron chi connectivity index (χ3n) is 10.1. The van der Waals surface area contributed by atoms with E-state index in [0.717, 1.165) is 70.6 Å². The van der Waals surface area contributed by atoms with E-state index in [4.69, 9.17) is 14.2 Å². The first-order valence-electron chi connectivity index (χ1n) is 18.7. The molecule has 3 rings (SSSR count). The number of rotatable bonds is 25. The van der Waals surface area contributed by atoms with Crippen LogP contribution in [0.1, 0.15) is 162 Å². The van der Waals surface area contributed by atoms with Gasteiger partial charge in [0.2, 0.25) is 0 Å². The summed E-state index contributed by atoms with van der Waals surface area (Å²) in [5.74, 6) is -0.309. The molecule has 0 bridgehead atoms. The van der Waals surface area contributed by atoms with Gasteiger partial charge in [-0.25, -0.2) is 4.79 Å². The second-order valence-corrected chi connectivity index (χ2v) is 14.2. The zero-order valence-electron chi connectivity index (χ0n) is 28.5. The minimum absolute atomic E-state index is 0.148. The van der Waals surface area contributed by atoms with E-state index in [1.54, 1.807) is 6.08 Å². The molecule has 2 fully saturated rings. The SMILES string of the molecule is CCCCCCCCCCCC[C@H](O)[C@@H]1CC[C@@H]([C@@H](O)CC[C@@H](O)[C@H]2CC[C@@H](CCCCCC(O)CC3=CC(C)OC3=O)O2)O1. The van der Waals surface area contributed by atoms with E-state index >= 15 is 0 Å². The maximum absolute atomic E-state index is 11.7. The molecule has 3 aliphatic rings. The molecule has 45 heavy (non-hydrogen) atoms. The first kappa shape index (κ1) is 38.4. The Morgan fingerprint density at radius 1 is 0.667 bits per heavy atom. The number of carbonyl (C=O) groups excluding carboxylic acids is 1. The fraction of sp³-hybridized carbons (Fsp3) is 0.919. The fourth-order valence-electron chi connectivity index (χ4n) is 7.29. The summed E-state index contributed by atoms with van der Waals surface area (Å²) in [6.07, 6.45) is 21.5. The Labute approximate surface area is 273 Å². The van der Waals surface area contributed by atoms with Gasteiger partial charge in [-0.05, 0) is 70.8 Å². The van der Waals surface area contributed by atoms with E-state index in [1.165, 1.54) is 51.4 Å². The van der Waals surface area contributed by atoms with Gasteiger partial charge in [0, 0.05) is 12.0 Å². The van der Waals surface area contributed by atoms with Gasteiger partial charge in [0.1, 0.15) is 6.10 Å². The van der Waals surface area contributed by atoms with Gasteiger partial charge in [-0.1, -0.05) is 90.4 Å². The lowest BCUT2D eigenvalue weighted by atomic mass is 9.98. The van der Waals surface area contributed by atoms with Crippen LogP contribution in [-0.2, 0) is 19.0 Å². The lowest BCUT2D eigenvalue weighted by molar-refractivity contribution is -0.139. The number of esters is 1. The molecule has 0 saturated carbocycles. The van der Waals surface area contributed by atoms with Gasteiger partial charge in [-0.2, -0.15) is 0 Å². The summed E-state index contributed by atoms with van der Waals surface area (Å²) in [7, 11) is 0. The van der Waals surface area contributed by atoms with Crippen molar-refractivity contribution < 1.29 is 39.4 Å². The van der Waals surface area contributed by atoms with Gasteiger partial charge in [-0.15, -0.1) is 0 Å². The molecular weight excluding hydrogens is 572 g/mol. The molecule has 2 saturated heterocycles. The molecule has 0 aliphatic carbocycles. The van der Waals surface area contributed by atoms with Gasteiger partial charge >= 0.3 is 5.97 Å². The summed E-state index contributed by atoms with van der Waals surface area (Å²) >= 11 is 0. The molecule has 0 aromatic heterocycles. The van der Waals surface area contributed by atoms with Gasteiger partial charge in [0.15, 0.2) is 0 Å². The minimum atomic E-state index is -0.638. The van der Waals surface area contributed by atoms with Crippen LogP contribution in [0.25, 0.3) is 0 Å². The van der Waals surface area contributed by atoms with Crippen LogP contribution in [0.5, 0.6) is 0 Å². The second kappa shape index (κ2) is 21.8. The van der Waals surface area contributed by atoms with Gasteiger partial charge in [0.05, 0.1) is 48.8 Å². The first-order chi connectivity index (χ1) is 21.8. The molecule has 8 nitrogen and oxygen atoms in total. The Morgan fingerprint density at radius 2 is 1.18 bits per heavy atom. The van der Waals surface area contributed by atoms with Crippen molar-refractivity contribution >= 4 is 5.97 Å². The summed E-state index contributed by atoms with van der Waals surface area (Å²) < 4.78 is 17.3. The molecule has 0 aromatic carbocycles. The zero-order valence-corrected chi connectivity index (χ0v) is 28.5. The highest BCUT2D eigenvalue weighted by molar-refractivity contribution is 5.90. The Hall–Kier alpha value is -1.03. The minimum Gasteiger partial charge on any atom is -0.455 e. The molecule has 262 valence electrons. The third-order valence-corrected chi connectivity index (χ3v) is 10.1. The number of aliphatic hydroxyl groups is 4. The van der Waals surface area contributed by atoms with Gasteiger partial charge in [0.25, 0.3) is 0 Å². The molecule has 3 aliphatic heterocycles. The molecule has 8 heteroatoms. The number of cyclic esters (lactones) is 1. The average Bonchev–Trinajstić information content (AvgIpc) is 3.77. The average molecular weight is 639 g/mol. The summed E-state index contributed by atoms with van der Waals surface area (Å²) in [5.41, 5.74) is 0.583. The van der Waals surface area contributed by atoms with Crippen LogP contribution in [0, 0.1) is 0 Å². The number of unbranched alkanes of at least 4 members (excludes halogenated alkanes) is 11.